The zero-order chi connectivity index (χ0) is 14.9. The van der Waals surface area contributed by atoms with Gasteiger partial charge in [-0.1, -0.05) is 24.1 Å². The summed E-state index contributed by atoms with van der Waals surface area (Å²) in [5.74, 6) is 2.39. The second kappa shape index (κ2) is 5.76. The Hall–Kier alpha value is -1.81. The summed E-state index contributed by atoms with van der Waals surface area (Å²) in [5.41, 5.74) is 4.39. The molecule has 0 radical (unpaired) electrons. The first-order chi connectivity index (χ1) is 10.8. The van der Waals surface area contributed by atoms with E-state index in [4.69, 9.17) is 4.98 Å². The van der Waals surface area contributed by atoms with Crippen LogP contribution in [0.2, 0.25) is 0 Å². The molecule has 3 heterocycles. The summed E-state index contributed by atoms with van der Waals surface area (Å²) in [6.07, 6.45) is 5.68. The molecule has 4 heteroatoms. The van der Waals surface area contributed by atoms with Crippen molar-refractivity contribution in [3.05, 3.63) is 54.0 Å². The third-order valence-electron chi connectivity index (χ3n) is 4.20. The Morgan fingerprint density at radius 1 is 1.14 bits per heavy atom. The van der Waals surface area contributed by atoms with Crippen molar-refractivity contribution >= 4 is 22.9 Å². The number of aromatic nitrogens is 3. The van der Waals surface area contributed by atoms with Gasteiger partial charge in [-0.15, -0.1) is 0 Å². The first kappa shape index (κ1) is 13.8. The van der Waals surface area contributed by atoms with Crippen LogP contribution in [-0.2, 0) is 0 Å². The van der Waals surface area contributed by atoms with E-state index in [0.717, 1.165) is 22.7 Å². The van der Waals surface area contributed by atoms with Crippen molar-refractivity contribution in [3.8, 4) is 5.69 Å². The Morgan fingerprint density at radius 2 is 2.00 bits per heavy atom. The molecule has 0 saturated carbocycles. The van der Waals surface area contributed by atoms with Gasteiger partial charge in [-0.05, 0) is 49.8 Å². The first-order valence-corrected chi connectivity index (χ1v) is 8.90. The Kier molecular flexibility index (Phi) is 3.62. The monoisotopic (exact) mass is 309 g/mol. The summed E-state index contributed by atoms with van der Waals surface area (Å²) in [6.45, 7) is 2.12. The van der Waals surface area contributed by atoms with Gasteiger partial charge in [0.25, 0.3) is 0 Å². The van der Waals surface area contributed by atoms with E-state index in [0.29, 0.717) is 5.25 Å². The molecule has 3 aromatic rings. The SMILES string of the molecule is Cc1ccc(-n2c(C3CCCCS3)nc3cccnc32)cc1. The van der Waals surface area contributed by atoms with Gasteiger partial charge >= 0.3 is 0 Å². The van der Waals surface area contributed by atoms with E-state index >= 15 is 0 Å². The number of benzene rings is 1. The van der Waals surface area contributed by atoms with Crippen molar-refractivity contribution in [1.29, 1.82) is 0 Å². The third-order valence-corrected chi connectivity index (χ3v) is 5.58. The van der Waals surface area contributed by atoms with Crippen molar-refractivity contribution in [2.24, 2.45) is 0 Å². The number of pyridine rings is 1. The predicted octanol–water partition coefficient (Wildman–Crippen LogP) is 4.69. The smallest absolute Gasteiger partial charge is 0.164 e. The molecular weight excluding hydrogens is 290 g/mol. The average molecular weight is 309 g/mol. The van der Waals surface area contributed by atoms with Crippen LogP contribution in [0, 0.1) is 6.92 Å². The van der Waals surface area contributed by atoms with Gasteiger partial charge in [-0.3, -0.25) is 4.57 Å². The van der Waals surface area contributed by atoms with Crippen molar-refractivity contribution in [3.63, 3.8) is 0 Å². The van der Waals surface area contributed by atoms with Crippen molar-refractivity contribution in [2.75, 3.05) is 5.75 Å². The molecule has 1 atom stereocenters. The Balaban J connectivity index is 1.91. The number of rotatable bonds is 2. The van der Waals surface area contributed by atoms with E-state index in [1.165, 1.54) is 30.6 Å². The number of hydrogen-bond acceptors (Lipinski definition) is 3. The molecule has 4 rings (SSSR count). The molecule has 0 bridgehead atoms. The number of fused-ring (bicyclic) bond motifs is 1. The topological polar surface area (TPSA) is 30.7 Å². The second-order valence-corrected chi connectivity index (χ2v) is 7.15. The largest absolute Gasteiger partial charge is 0.280 e. The van der Waals surface area contributed by atoms with E-state index < -0.39 is 0 Å². The highest BCUT2D eigenvalue weighted by Gasteiger charge is 2.24. The maximum Gasteiger partial charge on any atom is 0.164 e. The zero-order valence-electron chi connectivity index (χ0n) is 12.7. The summed E-state index contributed by atoms with van der Waals surface area (Å²) in [5, 5.41) is 0.476. The van der Waals surface area contributed by atoms with Crippen LogP contribution in [0.3, 0.4) is 0 Å². The van der Waals surface area contributed by atoms with Crippen molar-refractivity contribution in [1.82, 2.24) is 14.5 Å². The second-order valence-electron chi connectivity index (χ2n) is 5.84. The van der Waals surface area contributed by atoms with Gasteiger partial charge in [-0.25, -0.2) is 9.97 Å². The molecule has 3 nitrogen and oxygen atoms in total. The van der Waals surface area contributed by atoms with Gasteiger partial charge in [0.1, 0.15) is 11.3 Å². The molecule has 22 heavy (non-hydrogen) atoms. The lowest BCUT2D eigenvalue weighted by atomic mass is 10.1. The molecule has 1 aliphatic heterocycles. The van der Waals surface area contributed by atoms with E-state index in [9.17, 15) is 0 Å². The Labute approximate surface area is 134 Å². The number of thioether (sulfide) groups is 1. The molecule has 1 saturated heterocycles. The van der Waals surface area contributed by atoms with Gasteiger partial charge < -0.3 is 0 Å². The van der Waals surface area contributed by atoms with E-state index in [1.807, 2.05) is 24.0 Å². The zero-order valence-corrected chi connectivity index (χ0v) is 13.5. The van der Waals surface area contributed by atoms with Crippen LogP contribution in [-0.4, -0.2) is 20.3 Å². The van der Waals surface area contributed by atoms with Crippen LogP contribution >= 0.6 is 11.8 Å². The fraction of sp³-hybridized carbons (Fsp3) is 0.333. The lowest BCUT2D eigenvalue weighted by molar-refractivity contribution is 0.657. The van der Waals surface area contributed by atoms with Gasteiger partial charge in [-0.2, -0.15) is 11.8 Å². The van der Waals surface area contributed by atoms with Crippen LogP contribution < -0.4 is 0 Å². The Morgan fingerprint density at radius 3 is 2.77 bits per heavy atom. The fourth-order valence-corrected chi connectivity index (χ4v) is 4.33. The number of hydrogen-bond donors (Lipinski definition) is 0. The van der Waals surface area contributed by atoms with Gasteiger partial charge in [0.2, 0.25) is 0 Å². The summed E-state index contributed by atoms with van der Waals surface area (Å²) in [6, 6.07) is 12.7. The summed E-state index contributed by atoms with van der Waals surface area (Å²) in [7, 11) is 0. The van der Waals surface area contributed by atoms with Gasteiger partial charge in [0.15, 0.2) is 5.65 Å². The molecule has 1 fully saturated rings. The molecule has 1 unspecified atom stereocenters. The van der Waals surface area contributed by atoms with Crippen molar-refractivity contribution in [2.45, 2.75) is 31.4 Å². The molecule has 1 aliphatic rings. The molecule has 0 amide bonds. The molecular formula is C18H19N3S. The standard InChI is InChI=1S/C18H19N3S/c1-13-7-9-14(10-8-13)21-17-15(5-4-11-19-17)20-18(21)16-6-2-3-12-22-16/h4-5,7-11,16H,2-3,6,12H2,1H3. The first-order valence-electron chi connectivity index (χ1n) is 7.85. The molecule has 0 spiro atoms. The Bertz CT molecular complexity index is 786. The number of imidazole rings is 1. The molecule has 1 aromatic carbocycles. The van der Waals surface area contributed by atoms with E-state index in [2.05, 4.69) is 46.8 Å². The number of nitrogens with zero attached hydrogens (tertiary/aromatic N) is 3. The van der Waals surface area contributed by atoms with Crippen LogP contribution in [0.1, 0.15) is 35.9 Å². The van der Waals surface area contributed by atoms with Crippen LogP contribution in [0.15, 0.2) is 42.6 Å². The fourth-order valence-electron chi connectivity index (χ4n) is 3.04. The number of aryl methyl sites for hydroxylation is 1. The van der Waals surface area contributed by atoms with Gasteiger partial charge in [0.05, 0.1) is 5.25 Å². The molecule has 112 valence electrons. The normalized spacial score (nSPS) is 18.7. The minimum Gasteiger partial charge on any atom is -0.280 e. The summed E-state index contributed by atoms with van der Waals surface area (Å²) >= 11 is 2.03. The third kappa shape index (κ3) is 2.41. The maximum absolute atomic E-state index is 4.91. The summed E-state index contributed by atoms with van der Waals surface area (Å²) < 4.78 is 2.25. The predicted molar refractivity (Wildman–Crippen MR) is 92.7 cm³/mol. The maximum atomic E-state index is 4.91. The van der Waals surface area contributed by atoms with Crippen molar-refractivity contribution < 1.29 is 0 Å². The highest BCUT2D eigenvalue weighted by molar-refractivity contribution is 7.99. The lowest BCUT2D eigenvalue weighted by Crippen LogP contribution is -2.09. The molecule has 2 aromatic heterocycles. The van der Waals surface area contributed by atoms with Crippen LogP contribution in [0.5, 0.6) is 0 Å². The van der Waals surface area contributed by atoms with Crippen LogP contribution in [0.4, 0.5) is 0 Å². The lowest BCUT2D eigenvalue weighted by Gasteiger charge is -2.21. The van der Waals surface area contributed by atoms with E-state index in [1.54, 1.807) is 0 Å². The van der Waals surface area contributed by atoms with Crippen LogP contribution in [0.25, 0.3) is 16.9 Å². The highest BCUT2D eigenvalue weighted by Crippen LogP contribution is 2.39. The minimum absolute atomic E-state index is 0.476. The quantitative estimate of drug-likeness (QED) is 0.688. The molecule has 0 aliphatic carbocycles. The average Bonchev–Trinajstić information content (AvgIpc) is 2.96. The highest BCUT2D eigenvalue weighted by atomic mass is 32.2. The molecule has 0 N–H and O–H groups in total. The van der Waals surface area contributed by atoms with Gasteiger partial charge in [0, 0.05) is 11.9 Å². The minimum atomic E-state index is 0.476. The van der Waals surface area contributed by atoms with E-state index in [-0.39, 0.29) is 0 Å². The summed E-state index contributed by atoms with van der Waals surface area (Å²) in [4.78, 5) is 9.50.